The number of esters is 3. The molecule has 0 rings (SSSR count). The Labute approximate surface area is 348 Å². The Morgan fingerprint density at radius 1 is 0.357 bits per heavy atom. The van der Waals surface area contributed by atoms with Gasteiger partial charge >= 0.3 is 17.9 Å². The van der Waals surface area contributed by atoms with Gasteiger partial charge in [-0.3, -0.25) is 14.4 Å². The van der Waals surface area contributed by atoms with Gasteiger partial charge in [-0.15, -0.1) is 0 Å². The standard InChI is InChI=1S/C50H96O6/c1-5-8-10-12-13-14-15-16-17-18-19-20-21-22-23-28-31-35-39-43-50(53)56-47(44-54-48(51)41-37-32-11-9-6-2)45-55-49(52)42-38-34-30-27-25-24-26-29-33-36-40-46(4)7-3/h46-47H,5-45H2,1-4H3/t46?,47-/m0/s1. The molecule has 332 valence electrons. The van der Waals surface area contributed by atoms with Gasteiger partial charge in [-0.1, -0.05) is 240 Å². The monoisotopic (exact) mass is 793 g/mol. The van der Waals surface area contributed by atoms with Gasteiger partial charge in [-0.05, 0) is 25.2 Å². The van der Waals surface area contributed by atoms with Crippen molar-refractivity contribution in [3.05, 3.63) is 0 Å². The highest BCUT2D eigenvalue weighted by Gasteiger charge is 2.19. The molecule has 0 bridgehead atoms. The van der Waals surface area contributed by atoms with Crippen molar-refractivity contribution in [2.24, 2.45) is 5.92 Å². The van der Waals surface area contributed by atoms with Crippen LogP contribution >= 0.6 is 0 Å². The molecule has 0 heterocycles. The third kappa shape index (κ3) is 42.0. The van der Waals surface area contributed by atoms with Gasteiger partial charge in [-0.25, -0.2) is 0 Å². The minimum atomic E-state index is -0.758. The van der Waals surface area contributed by atoms with E-state index in [-0.39, 0.29) is 31.1 Å². The maximum atomic E-state index is 12.7. The van der Waals surface area contributed by atoms with Crippen molar-refractivity contribution in [1.82, 2.24) is 0 Å². The molecule has 56 heavy (non-hydrogen) atoms. The predicted molar refractivity (Wildman–Crippen MR) is 238 cm³/mol. The van der Waals surface area contributed by atoms with E-state index in [9.17, 15) is 14.4 Å². The molecule has 0 aliphatic heterocycles. The van der Waals surface area contributed by atoms with E-state index in [4.69, 9.17) is 14.2 Å². The summed E-state index contributed by atoms with van der Waals surface area (Å²) in [7, 11) is 0. The molecule has 0 aromatic heterocycles. The second-order valence-corrected chi connectivity index (χ2v) is 17.3. The van der Waals surface area contributed by atoms with Gasteiger partial charge in [0.05, 0.1) is 0 Å². The zero-order valence-corrected chi connectivity index (χ0v) is 38.1. The van der Waals surface area contributed by atoms with Crippen molar-refractivity contribution in [2.75, 3.05) is 13.2 Å². The lowest BCUT2D eigenvalue weighted by Gasteiger charge is -2.18. The van der Waals surface area contributed by atoms with Crippen molar-refractivity contribution < 1.29 is 28.6 Å². The van der Waals surface area contributed by atoms with Gasteiger partial charge in [0.1, 0.15) is 13.2 Å². The average Bonchev–Trinajstić information content (AvgIpc) is 3.19. The molecule has 0 fully saturated rings. The van der Waals surface area contributed by atoms with E-state index in [0.717, 1.165) is 70.1 Å². The summed E-state index contributed by atoms with van der Waals surface area (Å²) >= 11 is 0. The quantitative estimate of drug-likeness (QED) is 0.0347. The van der Waals surface area contributed by atoms with E-state index in [1.807, 2.05) is 0 Å². The lowest BCUT2D eigenvalue weighted by molar-refractivity contribution is -0.167. The topological polar surface area (TPSA) is 78.9 Å². The first-order valence-electron chi connectivity index (χ1n) is 24.9. The second kappa shape index (κ2) is 44.5. The molecule has 0 spiro atoms. The van der Waals surface area contributed by atoms with Crippen molar-refractivity contribution in [3.63, 3.8) is 0 Å². The Morgan fingerprint density at radius 2 is 0.625 bits per heavy atom. The largest absolute Gasteiger partial charge is 0.462 e. The molecule has 0 saturated heterocycles. The number of rotatable bonds is 45. The fourth-order valence-electron chi connectivity index (χ4n) is 7.48. The van der Waals surface area contributed by atoms with E-state index in [1.165, 1.54) is 167 Å². The number of ether oxygens (including phenoxy) is 3. The van der Waals surface area contributed by atoms with Crippen LogP contribution in [0.2, 0.25) is 0 Å². The minimum absolute atomic E-state index is 0.0646. The molecule has 0 aromatic rings. The molecular weight excluding hydrogens is 697 g/mol. The molecule has 0 saturated carbocycles. The summed E-state index contributed by atoms with van der Waals surface area (Å²) in [6, 6.07) is 0. The van der Waals surface area contributed by atoms with E-state index < -0.39 is 6.10 Å². The van der Waals surface area contributed by atoms with Crippen LogP contribution in [0.15, 0.2) is 0 Å². The van der Waals surface area contributed by atoms with Crippen LogP contribution in [0.1, 0.15) is 278 Å². The van der Waals surface area contributed by atoms with Crippen molar-refractivity contribution in [3.8, 4) is 0 Å². The van der Waals surface area contributed by atoms with E-state index in [1.54, 1.807) is 0 Å². The second-order valence-electron chi connectivity index (χ2n) is 17.3. The van der Waals surface area contributed by atoms with Crippen LogP contribution in [0.3, 0.4) is 0 Å². The zero-order chi connectivity index (χ0) is 41.0. The van der Waals surface area contributed by atoms with Crippen LogP contribution in [-0.4, -0.2) is 37.2 Å². The molecule has 0 aliphatic rings. The lowest BCUT2D eigenvalue weighted by Crippen LogP contribution is -2.30. The predicted octanol–water partition coefficient (Wildman–Crippen LogP) is 15.9. The van der Waals surface area contributed by atoms with Crippen LogP contribution in [0.25, 0.3) is 0 Å². The highest BCUT2D eigenvalue weighted by Crippen LogP contribution is 2.17. The Hall–Kier alpha value is -1.59. The Kier molecular flexibility index (Phi) is 43.2. The molecular formula is C50H96O6. The van der Waals surface area contributed by atoms with E-state index in [2.05, 4.69) is 27.7 Å². The molecule has 2 atom stereocenters. The molecule has 0 radical (unpaired) electrons. The number of carbonyl (C=O) groups is 3. The molecule has 0 aromatic carbocycles. The van der Waals surface area contributed by atoms with Gasteiger partial charge in [0.25, 0.3) is 0 Å². The van der Waals surface area contributed by atoms with Crippen LogP contribution in [0.5, 0.6) is 0 Å². The third-order valence-corrected chi connectivity index (χ3v) is 11.7. The number of unbranched alkanes of at least 4 members (excludes halogenated alkanes) is 31. The van der Waals surface area contributed by atoms with Crippen LogP contribution in [-0.2, 0) is 28.6 Å². The van der Waals surface area contributed by atoms with Crippen molar-refractivity contribution >= 4 is 17.9 Å². The minimum Gasteiger partial charge on any atom is -0.462 e. The van der Waals surface area contributed by atoms with E-state index >= 15 is 0 Å². The Morgan fingerprint density at radius 3 is 0.929 bits per heavy atom. The Balaban J connectivity index is 4.12. The molecule has 1 unspecified atom stereocenters. The normalized spacial score (nSPS) is 12.4. The summed E-state index contributed by atoms with van der Waals surface area (Å²) in [6.45, 7) is 8.96. The number of hydrogen-bond donors (Lipinski definition) is 0. The molecule has 6 nitrogen and oxygen atoms in total. The van der Waals surface area contributed by atoms with Crippen molar-refractivity contribution in [2.45, 2.75) is 284 Å². The zero-order valence-electron chi connectivity index (χ0n) is 38.1. The maximum Gasteiger partial charge on any atom is 0.306 e. The van der Waals surface area contributed by atoms with Gasteiger partial charge in [0, 0.05) is 19.3 Å². The highest BCUT2D eigenvalue weighted by atomic mass is 16.6. The first-order chi connectivity index (χ1) is 27.4. The highest BCUT2D eigenvalue weighted by molar-refractivity contribution is 5.71. The maximum absolute atomic E-state index is 12.7. The van der Waals surface area contributed by atoms with Gasteiger partial charge in [0.2, 0.25) is 0 Å². The summed E-state index contributed by atoms with van der Waals surface area (Å²) in [4.78, 5) is 37.6. The molecule has 0 aliphatic carbocycles. The van der Waals surface area contributed by atoms with Gasteiger partial charge in [0.15, 0.2) is 6.10 Å². The third-order valence-electron chi connectivity index (χ3n) is 11.7. The summed E-state index contributed by atoms with van der Waals surface area (Å²) < 4.78 is 16.7. The first kappa shape index (κ1) is 54.4. The lowest BCUT2D eigenvalue weighted by atomic mass is 9.99. The molecule has 6 heteroatoms. The average molecular weight is 793 g/mol. The summed E-state index contributed by atoms with van der Waals surface area (Å²) in [5.74, 6) is 0.00664. The number of hydrogen-bond acceptors (Lipinski definition) is 6. The smallest absolute Gasteiger partial charge is 0.306 e. The fourth-order valence-corrected chi connectivity index (χ4v) is 7.48. The number of carbonyl (C=O) groups excluding carboxylic acids is 3. The Bertz CT molecular complexity index is 843. The SMILES string of the molecule is CCCCCCCCCCCCCCCCCCCCCC(=O)O[C@@H](COC(=O)CCCCCCC)COC(=O)CCCCCCCCCCCCC(C)CC. The van der Waals surface area contributed by atoms with Gasteiger partial charge < -0.3 is 14.2 Å². The molecule has 0 amide bonds. The van der Waals surface area contributed by atoms with Crippen LogP contribution in [0, 0.1) is 5.92 Å². The van der Waals surface area contributed by atoms with Crippen LogP contribution in [0.4, 0.5) is 0 Å². The molecule has 0 N–H and O–H groups in total. The summed E-state index contributed by atoms with van der Waals surface area (Å²) in [5, 5.41) is 0. The van der Waals surface area contributed by atoms with Crippen LogP contribution < -0.4 is 0 Å². The van der Waals surface area contributed by atoms with E-state index in [0.29, 0.717) is 19.3 Å². The van der Waals surface area contributed by atoms with Gasteiger partial charge in [-0.2, -0.15) is 0 Å². The summed E-state index contributed by atoms with van der Waals surface area (Å²) in [6.07, 6.45) is 45.5. The summed E-state index contributed by atoms with van der Waals surface area (Å²) in [5.41, 5.74) is 0. The van der Waals surface area contributed by atoms with Crippen molar-refractivity contribution in [1.29, 1.82) is 0 Å². The first-order valence-corrected chi connectivity index (χ1v) is 24.9. The fraction of sp³-hybridized carbons (Fsp3) is 0.940.